The van der Waals surface area contributed by atoms with Gasteiger partial charge in [0.1, 0.15) is 6.04 Å². The molecule has 4 nitrogen and oxygen atoms in total. The summed E-state index contributed by atoms with van der Waals surface area (Å²) in [5, 5.41) is 4.03. The molecular formula is C25H30Cl2N2O2. The molecule has 0 heterocycles. The number of carbonyl (C=O) groups is 2. The van der Waals surface area contributed by atoms with E-state index in [-0.39, 0.29) is 24.3 Å². The van der Waals surface area contributed by atoms with Gasteiger partial charge < -0.3 is 10.2 Å². The van der Waals surface area contributed by atoms with E-state index in [1.165, 1.54) is 6.42 Å². The Bertz CT molecular complexity index is 925. The van der Waals surface area contributed by atoms with E-state index in [4.69, 9.17) is 23.2 Å². The standard InChI is InChI=1S/C25H30Cl2N2O2/c1-17-7-6-8-20(13-17)16-29(18(2)25(31)28-21-9-4-3-5-10-21)24(30)15-19-11-12-22(26)23(27)14-19/h6-8,11-14,18,21H,3-5,9-10,15-16H2,1-2H3,(H,28,31). The van der Waals surface area contributed by atoms with E-state index in [0.29, 0.717) is 16.6 Å². The van der Waals surface area contributed by atoms with Gasteiger partial charge >= 0.3 is 0 Å². The molecule has 1 atom stereocenters. The van der Waals surface area contributed by atoms with Gasteiger partial charge in [0, 0.05) is 12.6 Å². The summed E-state index contributed by atoms with van der Waals surface area (Å²) in [6.07, 6.45) is 5.68. The van der Waals surface area contributed by atoms with Crippen LogP contribution < -0.4 is 5.32 Å². The fourth-order valence-corrected chi connectivity index (χ4v) is 4.40. The summed E-state index contributed by atoms with van der Waals surface area (Å²) in [6, 6.07) is 12.8. The molecule has 0 radical (unpaired) electrons. The van der Waals surface area contributed by atoms with Crippen LogP contribution in [0.3, 0.4) is 0 Å². The third kappa shape index (κ3) is 6.72. The second-order valence-electron chi connectivity index (χ2n) is 8.46. The van der Waals surface area contributed by atoms with E-state index in [1.54, 1.807) is 30.0 Å². The van der Waals surface area contributed by atoms with Crippen LogP contribution in [0.15, 0.2) is 42.5 Å². The quantitative estimate of drug-likeness (QED) is 0.574. The Morgan fingerprint density at radius 3 is 2.45 bits per heavy atom. The van der Waals surface area contributed by atoms with Crippen molar-refractivity contribution < 1.29 is 9.59 Å². The molecule has 31 heavy (non-hydrogen) atoms. The molecule has 166 valence electrons. The van der Waals surface area contributed by atoms with Crippen LogP contribution in [0.2, 0.25) is 10.0 Å². The molecule has 0 saturated heterocycles. The molecule has 0 aliphatic heterocycles. The van der Waals surface area contributed by atoms with Crippen molar-refractivity contribution in [3.05, 3.63) is 69.2 Å². The first kappa shape index (κ1) is 23.6. The fourth-order valence-electron chi connectivity index (χ4n) is 4.08. The molecule has 2 aromatic carbocycles. The lowest BCUT2D eigenvalue weighted by molar-refractivity contribution is -0.140. The van der Waals surface area contributed by atoms with Gasteiger partial charge in [0.05, 0.1) is 16.5 Å². The van der Waals surface area contributed by atoms with Crippen LogP contribution >= 0.6 is 23.2 Å². The van der Waals surface area contributed by atoms with Crippen LogP contribution in [0.25, 0.3) is 0 Å². The molecule has 1 N–H and O–H groups in total. The number of hydrogen-bond donors (Lipinski definition) is 1. The maximum absolute atomic E-state index is 13.3. The summed E-state index contributed by atoms with van der Waals surface area (Å²) < 4.78 is 0. The van der Waals surface area contributed by atoms with Crippen molar-refractivity contribution in [3.63, 3.8) is 0 Å². The minimum atomic E-state index is -0.572. The Morgan fingerprint density at radius 2 is 1.77 bits per heavy atom. The predicted molar refractivity (Wildman–Crippen MR) is 126 cm³/mol. The number of aryl methyl sites for hydroxylation is 1. The zero-order valence-electron chi connectivity index (χ0n) is 18.2. The predicted octanol–water partition coefficient (Wildman–Crippen LogP) is 5.71. The number of halogens is 2. The van der Waals surface area contributed by atoms with Gasteiger partial charge in [-0.2, -0.15) is 0 Å². The lowest BCUT2D eigenvalue weighted by Gasteiger charge is -2.31. The van der Waals surface area contributed by atoms with Gasteiger partial charge in [-0.3, -0.25) is 9.59 Å². The van der Waals surface area contributed by atoms with Crippen LogP contribution in [0, 0.1) is 6.92 Å². The van der Waals surface area contributed by atoms with Crippen molar-refractivity contribution in [2.45, 2.75) is 71.0 Å². The largest absolute Gasteiger partial charge is 0.352 e. The Hall–Kier alpha value is -2.04. The first-order valence-electron chi connectivity index (χ1n) is 10.9. The maximum atomic E-state index is 13.3. The summed E-state index contributed by atoms with van der Waals surface area (Å²) in [6.45, 7) is 4.20. The second kappa shape index (κ2) is 11.0. The van der Waals surface area contributed by atoms with Gasteiger partial charge in [0.25, 0.3) is 0 Å². The lowest BCUT2D eigenvalue weighted by Crippen LogP contribution is -2.50. The minimum absolute atomic E-state index is 0.0953. The topological polar surface area (TPSA) is 49.4 Å². The molecule has 0 bridgehead atoms. The van der Waals surface area contributed by atoms with Gasteiger partial charge in [-0.05, 0) is 49.9 Å². The first-order chi connectivity index (χ1) is 14.8. The van der Waals surface area contributed by atoms with E-state index >= 15 is 0 Å². The number of benzene rings is 2. The average molecular weight is 461 g/mol. The zero-order chi connectivity index (χ0) is 22.4. The van der Waals surface area contributed by atoms with Crippen molar-refractivity contribution in [2.75, 3.05) is 0 Å². The zero-order valence-corrected chi connectivity index (χ0v) is 19.7. The normalized spacial score (nSPS) is 15.4. The van der Waals surface area contributed by atoms with Gasteiger partial charge in [-0.1, -0.05) is 78.4 Å². The summed E-state index contributed by atoms with van der Waals surface area (Å²) in [4.78, 5) is 28.0. The van der Waals surface area contributed by atoms with Gasteiger partial charge in [-0.15, -0.1) is 0 Å². The highest BCUT2D eigenvalue weighted by molar-refractivity contribution is 6.42. The van der Waals surface area contributed by atoms with E-state index in [1.807, 2.05) is 31.2 Å². The van der Waals surface area contributed by atoms with Gasteiger partial charge in [0.15, 0.2) is 0 Å². The molecule has 1 unspecified atom stereocenters. The third-order valence-electron chi connectivity index (χ3n) is 5.89. The monoisotopic (exact) mass is 460 g/mol. The molecule has 2 amide bonds. The van der Waals surface area contributed by atoms with E-state index in [9.17, 15) is 9.59 Å². The van der Waals surface area contributed by atoms with Crippen molar-refractivity contribution in [3.8, 4) is 0 Å². The summed E-state index contributed by atoms with van der Waals surface area (Å²) in [5.41, 5.74) is 2.89. The lowest BCUT2D eigenvalue weighted by atomic mass is 9.95. The van der Waals surface area contributed by atoms with Crippen LogP contribution in [0.5, 0.6) is 0 Å². The number of amides is 2. The van der Waals surface area contributed by atoms with Crippen molar-refractivity contribution >= 4 is 35.0 Å². The van der Waals surface area contributed by atoms with E-state index < -0.39 is 6.04 Å². The van der Waals surface area contributed by atoms with E-state index in [2.05, 4.69) is 5.32 Å². The SMILES string of the molecule is Cc1cccc(CN(C(=O)Cc2ccc(Cl)c(Cl)c2)C(C)C(=O)NC2CCCCC2)c1. The number of hydrogen-bond acceptors (Lipinski definition) is 2. The van der Waals surface area contributed by atoms with Gasteiger partial charge in [0.2, 0.25) is 11.8 Å². The molecule has 1 aliphatic carbocycles. The summed E-state index contributed by atoms with van der Waals surface area (Å²) >= 11 is 12.1. The molecule has 0 spiro atoms. The molecule has 2 aromatic rings. The Balaban J connectivity index is 1.77. The van der Waals surface area contributed by atoms with Crippen LogP contribution in [-0.4, -0.2) is 28.8 Å². The van der Waals surface area contributed by atoms with E-state index in [0.717, 1.165) is 42.4 Å². The maximum Gasteiger partial charge on any atom is 0.242 e. The fraction of sp³-hybridized carbons (Fsp3) is 0.440. The van der Waals surface area contributed by atoms with Crippen molar-refractivity contribution in [2.24, 2.45) is 0 Å². The number of rotatable bonds is 7. The van der Waals surface area contributed by atoms with Crippen molar-refractivity contribution in [1.82, 2.24) is 10.2 Å². The Morgan fingerprint density at radius 1 is 1.03 bits per heavy atom. The highest BCUT2D eigenvalue weighted by Gasteiger charge is 2.28. The first-order valence-corrected chi connectivity index (χ1v) is 11.7. The molecule has 0 aromatic heterocycles. The van der Waals surface area contributed by atoms with Crippen molar-refractivity contribution in [1.29, 1.82) is 0 Å². The summed E-state index contributed by atoms with van der Waals surface area (Å²) in [7, 11) is 0. The number of carbonyl (C=O) groups excluding carboxylic acids is 2. The Labute approximate surface area is 194 Å². The molecule has 6 heteroatoms. The average Bonchev–Trinajstić information content (AvgIpc) is 2.75. The molecule has 3 rings (SSSR count). The molecular weight excluding hydrogens is 431 g/mol. The molecule has 1 fully saturated rings. The van der Waals surface area contributed by atoms with Gasteiger partial charge in [-0.25, -0.2) is 0 Å². The number of nitrogens with one attached hydrogen (secondary N) is 1. The highest BCUT2D eigenvalue weighted by Crippen LogP contribution is 2.24. The molecule has 1 aliphatic rings. The highest BCUT2D eigenvalue weighted by atomic mass is 35.5. The summed E-state index contributed by atoms with van der Waals surface area (Å²) in [5.74, 6) is -0.215. The minimum Gasteiger partial charge on any atom is -0.352 e. The smallest absolute Gasteiger partial charge is 0.242 e. The Kier molecular flexibility index (Phi) is 8.39. The second-order valence-corrected chi connectivity index (χ2v) is 9.27. The van der Waals surface area contributed by atoms with Crippen LogP contribution in [-0.2, 0) is 22.6 Å². The third-order valence-corrected chi connectivity index (χ3v) is 6.63. The molecule has 1 saturated carbocycles. The van der Waals surface area contributed by atoms with Crippen LogP contribution in [0.1, 0.15) is 55.7 Å². The number of nitrogens with zero attached hydrogens (tertiary/aromatic N) is 1. The van der Waals surface area contributed by atoms with Crippen LogP contribution in [0.4, 0.5) is 0 Å².